The fourth-order valence-corrected chi connectivity index (χ4v) is 4.14. The summed E-state index contributed by atoms with van der Waals surface area (Å²) in [5, 5.41) is 9.11. The lowest BCUT2D eigenvalue weighted by Crippen LogP contribution is -2.45. The van der Waals surface area contributed by atoms with Crippen LogP contribution in [0.25, 0.3) is 0 Å². The van der Waals surface area contributed by atoms with Gasteiger partial charge in [-0.15, -0.1) is 0 Å². The Morgan fingerprint density at radius 1 is 1.41 bits per heavy atom. The first kappa shape index (κ1) is 21.7. The standard InChI is InChI=1S/C18H32N4O4S/c1-13-10-15(27(19,24)25)20-22(13)9-7-8-14-11-18(5,6)21(12-14)16(23)26-17(2,3)4/h10,14H,7-9,11-12H2,1-6H3,(H2,19,24,25). The first-order chi connectivity index (χ1) is 12.2. The number of likely N-dealkylation sites (tertiary alicyclic amines) is 1. The number of carbonyl (C=O) groups excluding carboxylic acids is 1. The maximum absolute atomic E-state index is 12.5. The van der Waals surface area contributed by atoms with Gasteiger partial charge in [-0.3, -0.25) is 4.68 Å². The van der Waals surface area contributed by atoms with Crippen molar-refractivity contribution in [1.82, 2.24) is 14.7 Å². The van der Waals surface area contributed by atoms with Crippen LogP contribution in [-0.2, 0) is 21.3 Å². The molecular weight excluding hydrogens is 368 g/mol. The summed E-state index contributed by atoms with van der Waals surface area (Å²) in [5.41, 5.74) is 0.0143. The molecule has 1 amide bonds. The summed E-state index contributed by atoms with van der Waals surface area (Å²) in [6.45, 7) is 12.8. The Labute approximate surface area is 162 Å². The second kappa shape index (κ2) is 7.43. The summed E-state index contributed by atoms with van der Waals surface area (Å²) < 4.78 is 30.0. The fraction of sp³-hybridized carbons (Fsp3) is 0.778. The van der Waals surface area contributed by atoms with E-state index in [0.717, 1.165) is 25.0 Å². The van der Waals surface area contributed by atoms with Crippen molar-refractivity contribution in [3.8, 4) is 0 Å². The Bertz CT molecular complexity index is 793. The highest BCUT2D eigenvalue weighted by molar-refractivity contribution is 7.89. The average molecular weight is 401 g/mol. The van der Waals surface area contributed by atoms with E-state index in [2.05, 4.69) is 18.9 Å². The molecule has 1 fully saturated rings. The van der Waals surface area contributed by atoms with Crippen molar-refractivity contribution in [2.24, 2.45) is 11.1 Å². The number of nitrogens with zero attached hydrogens (tertiary/aromatic N) is 3. The number of hydrogen-bond donors (Lipinski definition) is 1. The zero-order chi connectivity index (χ0) is 20.6. The molecule has 0 radical (unpaired) electrons. The van der Waals surface area contributed by atoms with Gasteiger partial charge in [0.15, 0.2) is 5.03 Å². The van der Waals surface area contributed by atoms with E-state index in [1.165, 1.54) is 6.07 Å². The van der Waals surface area contributed by atoms with Gasteiger partial charge in [-0.05, 0) is 72.8 Å². The molecule has 154 valence electrons. The lowest BCUT2D eigenvalue weighted by atomic mass is 9.93. The topological polar surface area (TPSA) is 108 Å². The highest BCUT2D eigenvalue weighted by Gasteiger charge is 2.42. The van der Waals surface area contributed by atoms with Crippen LogP contribution in [0.2, 0.25) is 0 Å². The summed E-state index contributed by atoms with van der Waals surface area (Å²) in [4.78, 5) is 14.3. The minimum absolute atomic E-state index is 0.0990. The van der Waals surface area contributed by atoms with Gasteiger partial charge in [0, 0.05) is 24.3 Å². The molecule has 0 spiro atoms. The Balaban J connectivity index is 1.92. The van der Waals surface area contributed by atoms with Gasteiger partial charge >= 0.3 is 6.09 Å². The van der Waals surface area contributed by atoms with Crippen LogP contribution in [-0.4, -0.2) is 46.9 Å². The van der Waals surface area contributed by atoms with E-state index in [1.54, 1.807) is 4.68 Å². The molecule has 8 nitrogen and oxygen atoms in total. The largest absolute Gasteiger partial charge is 0.444 e. The predicted octanol–water partition coefficient (Wildman–Crippen LogP) is 2.65. The Kier molecular flexibility index (Phi) is 5.96. The normalized spacial score (nSPS) is 20.1. The fourth-order valence-electron chi connectivity index (χ4n) is 3.59. The van der Waals surface area contributed by atoms with Crippen molar-refractivity contribution in [2.45, 2.75) is 83.5 Å². The van der Waals surface area contributed by atoms with Crippen LogP contribution < -0.4 is 5.14 Å². The molecule has 27 heavy (non-hydrogen) atoms. The molecule has 0 bridgehead atoms. The van der Waals surface area contributed by atoms with Gasteiger partial charge in [-0.1, -0.05) is 0 Å². The van der Waals surface area contributed by atoms with Gasteiger partial charge in [-0.25, -0.2) is 18.4 Å². The number of hydrogen-bond acceptors (Lipinski definition) is 5. The molecule has 1 atom stereocenters. The molecule has 1 aliphatic rings. The zero-order valence-corrected chi connectivity index (χ0v) is 18.0. The van der Waals surface area contributed by atoms with Crippen LogP contribution in [0, 0.1) is 12.8 Å². The van der Waals surface area contributed by atoms with E-state index in [-0.39, 0.29) is 16.7 Å². The molecule has 0 saturated carbocycles. The summed E-state index contributed by atoms with van der Waals surface area (Å²) in [5.74, 6) is 0.376. The number of rotatable bonds is 5. The number of nitrogens with two attached hydrogens (primary N) is 1. The van der Waals surface area contributed by atoms with Crippen molar-refractivity contribution in [1.29, 1.82) is 0 Å². The smallest absolute Gasteiger partial charge is 0.410 e. The van der Waals surface area contributed by atoms with Gasteiger partial charge in [0.05, 0.1) is 0 Å². The lowest BCUT2D eigenvalue weighted by molar-refractivity contribution is 0.0131. The van der Waals surface area contributed by atoms with Gasteiger partial charge in [0.1, 0.15) is 5.60 Å². The number of aromatic nitrogens is 2. The Morgan fingerprint density at radius 2 is 2.04 bits per heavy atom. The Morgan fingerprint density at radius 3 is 2.56 bits per heavy atom. The van der Waals surface area contributed by atoms with Gasteiger partial charge in [-0.2, -0.15) is 5.10 Å². The van der Waals surface area contributed by atoms with Crippen molar-refractivity contribution < 1.29 is 17.9 Å². The third kappa shape index (κ3) is 5.68. The van der Waals surface area contributed by atoms with E-state index < -0.39 is 15.6 Å². The minimum Gasteiger partial charge on any atom is -0.444 e. The number of carbonyl (C=O) groups is 1. The van der Waals surface area contributed by atoms with Crippen LogP contribution in [0.3, 0.4) is 0 Å². The summed E-state index contributed by atoms with van der Waals surface area (Å²) in [6, 6.07) is 1.48. The second-order valence-electron chi connectivity index (χ2n) is 9.01. The van der Waals surface area contributed by atoms with Gasteiger partial charge in [0.25, 0.3) is 10.0 Å². The van der Waals surface area contributed by atoms with E-state index in [1.807, 2.05) is 32.6 Å². The molecule has 1 aromatic rings. The summed E-state index contributed by atoms with van der Waals surface area (Å²) in [6.07, 6.45) is 2.41. The molecule has 1 aromatic heterocycles. The molecule has 1 aliphatic heterocycles. The van der Waals surface area contributed by atoms with Crippen molar-refractivity contribution in [3.63, 3.8) is 0 Å². The van der Waals surface area contributed by atoms with Crippen LogP contribution in [0.1, 0.15) is 59.6 Å². The highest BCUT2D eigenvalue weighted by atomic mass is 32.2. The first-order valence-electron chi connectivity index (χ1n) is 9.27. The molecule has 0 aliphatic carbocycles. The maximum Gasteiger partial charge on any atom is 0.410 e. The molecule has 1 unspecified atom stereocenters. The van der Waals surface area contributed by atoms with Crippen LogP contribution in [0.15, 0.2) is 11.1 Å². The number of aryl methyl sites for hydroxylation is 2. The van der Waals surface area contributed by atoms with Crippen molar-refractivity contribution in [2.75, 3.05) is 6.54 Å². The van der Waals surface area contributed by atoms with E-state index in [0.29, 0.717) is 19.0 Å². The lowest BCUT2D eigenvalue weighted by Gasteiger charge is -2.33. The molecule has 2 N–H and O–H groups in total. The second-order valence-corrected chi connectivity index (χ2v) is 10.5. The number of sulfonamides is 1. The van der Waals surface area contributed by atoms with E-state index in [9.17, 15) is 13.2 Å². The molecule has 2 rings (SSSR count). The molecule has 2 heterocycles. The number of ether oxygens (including phenoxy) is 1. The monoisotopic (exact) mass is 400 g/mol. The number of primary sulfonamides is 1. The van der Waals surface area contributed by atoms with Crippen LogP contribution in [0.4, 0.5) is 4.79 Å². The third-order valence-electron chi connectivity index (χ3n) is 4.81. The summed E-state index contributed by atoms with van der Waals surface area (Å²) >= 11 is 0. The van der Waals surface area contributed by atoms with Crippen LogP contribution >= 0.6 is 0 Å². The summed E-state index contributed by atoms with van der Waals surface area (Å²) in [7, 11) is -3.78. The van der Waals surface area contributed by atoms with Gasteiger partial charge in [0.2, 0.25) is 0 Å². The van der Waals surface area contributed by atoms with Gasteiger partial charge < -0.3 is 9.64 Å². The molecule has 0 aromatic carbocycles. The molecule has 1 saturated heterocycles. The quantitative estimate of drug-likeness (QED) is 0.817. The SMILES string of the molecule is Cc1cc(S(N)(=O)=O)nn1CCCC1CN(C(=O)OC(C)(C)C)C(C)(C)C1. The minimum atomic E-state index is -3.78. The Hall–Kier alpha value is -1.61. The van der Waals surface area contributed by atoms with Crippen LogP contribution in [0.5, 0.6) is 0 Å². The van der Waals surface area contributed by atoms with E-state index >= 15 is 0 Å². The zero-order valence-electron chi connectivity index (χ0n) is 17.2. The maximum atomic E-state index is 12.5. The van der Waals surface area contributed by atoms with E-state index in [4.69, 9.17) is 9.88 Å². The first-order valence-corrected chi connectivity index (χ1v) is 10.8. The molecular formula is C18H32N4O4S. The average Bonchev–Trinajstić information content (AvgIpc) is 2.97. The number of amides is 1. The molecule has 9 heteroatoms. The van der Waals surface area contributed by atoms with Crippen molar-refractivity contribution in [3.05, 3.63) is 11.8 Å². The third-order valence-corrected chi connectivity index (χ3v) is 5.59. The highest BCUT2D eigenvalue weighted by Crippen LogP contribution is 2.36. The van der Waals surface area contributed by atoms with Crippen molar-refractivity contribution >= 4 is 16.1 Å². The predicted molar refractivity (Wildman–Crippen MR) is 103 cm³/mol.